The first-order valence-corrected chi connectivity index (χ1v) is 12.2. The standard InChI is InChI=1S/C20H21F3N8O2S/c1-3-34(32,33)19-16(17-25-14-12-13(20(21,22)23)5-7-30(14)26-17)18-24-6-4-15(31(18)27-19)29-10-8-28(2)9-11-29/h4-7,12H,3,8-11H2,1-2H3. The quantitative estimate of drug-likeness (QED) is 0.425. The van der Waals surface area contributed by atoms with E-state index in [1.54, 1.807) is 12.3 Å². The number of alkyl halides is 3. The molecule has 1 saturated heterocycles. The summed E-state index contributed by atoms with van der Waals surface area (Å²) in [5.41, 5.74) is -0.666. The molecule has 0 bridgehead atoms. The van der Waals surface area contributed by atoms with Crippen molar-refractivity contribution in [3.05, 3.63) is 36.2 Å². The first kappa shape index (κ1) is 22.5. The number of sulfone groups is 1. The summed E-state index contributed by atoms with van der Waals surface area (Å²) in [6.45, 7) is 4.58. The highest BCUT2D eigenvalue weighted by molar-refractivity contribution is 7.91. The molecule has 0 aromatic carbocycles. The van der Waals surface area contributed by atoms with Gasteiger partial charge in [0.2, 0.25) is 0 Å². The van der Waals surface area contributed by atoms with Gasteiger partial charge in [-0.3, -0.25) is 0 Å². The summed E-state index contributed by atoms with van der Waals surface area (Å²) in [5.74, 6) is 0.378. The fraction of sp³-hybridized carbons (Fsp3) is 0.400. The molecule has 0 N–H and O–H groups in total. The van der Waals surface area contributed by atoms with E-state index in [2.05, 4.69) is 30.0 Å². The summed E-state index contributed by atoms with van der Waals surface area (Å²) >= 11 is 0. The van der Waals surface area contributed by atoms with Crippen LogP contribution in [0.5, 0.6) is 0 Å². The second-order valence-corrected chi connectivity index (χ2v) is 10.3. The molecule has 0 spiro atoms. The van der Waals surface area contributed by atoms with Gasteiger partial charge in [-0.25, -0.2) is 22.9 Å². The summed E-state index contributed by atoms with van der Waals surface area (Å²) < 4.78 is 68.0. The van der Waals surface area contributed by atoms with Gasteiger partial charge in [0.05, 0.1) is 11.3 Å². The van der Waals surface area contributed by atoms with E-state index >= 15 is 0 Å². The third-order valence-corrected chi connectivity index (χ3v) is 7.49. The minimum Gasteiger partial charge on any atom is -0.354 e. The number of rotatable bonds is 4. The van der Waals surface area contributed by atoms with Crippen molar-refractivity contribution in [2.45, 2.75) is 18.1 Å². The fourth-order valence-electron chi connectivity index (χ4n) is 3.90. The summed E-state index contributed by atoms with van der Waals surface area (Å²) in [4.78, 5) is 12.8. The number of piperazine rings is 1. The second kappa shape index (κ2) is 7.91. The lowest BCUT2D eigenvalue weighted by Gasteiger charge is -2.33. The Morgan fingerprint density at radius 1 is 1.09 bits per heavy atom. The Hall–Kier alpha value is -3.26. The van der Waals surface area contributed by atoms with Gasteiger partial charge in [0.1, 0.15) is 11.4 Å². The summed E-state index contributed by atoms with van der Waals surface area (Å²) in [6.07, 6.45) is -1.86. The maximum absolute atomic E-state index is 13.1. The first-order chi connectivity index (χ1) is 16.1. The van der Waals surface area contributed by atoms with Crippen molar-refractivity contribution in [2.24, 2.45) is 0 Å². The van der Waals surface area contributed by atoms with E-state index in [9.17, 15) is 21.6 Å². The van der Waals surface area contributed by atoms with Gasteiger partial charge in [-0.15, -0.1) is 5.10 Å². The molecule has 1 fully saturated rings. The number of likely N-dealkylation sites (N-methyl/N-ethyl adjacent to an activating group) is 1. The highest BCUT2D eigenvalue weighted by Crippen LogP contribution is 2.33. The number of nitrogens with zero attached hydrogens (tertiary/aromatic N) is 8. The number of anilines is 1. The van der Waals surface area contributed by atoms with Crippen LogP contribution in [0.4, 0.5) is 19.0 Å². The van der Waals surface area contributed by atoms with Gasteiger partial charge in [0.15, 0.2) is 32.0 Å². The molecule has 0 radical (unpaired) electrons. The van der Waals surface area contributed by atoms with Gasteiger partial charge in [0, 0.05) is 38.6 Å². The maximum Gasteiger partial charge on any atom is 0.416 e. The lowest BCUT2D eigenvalue weighted by atomic mass is 10.2. The van der Waals surface area contributed by atoms with Crippen LogP contribution < -0.4 is 4.90 Å². The van der Waals surface area contributed by atoms with Crippen molar-refractivity contribution in [3.8, 4) is 11.4 Å². The van der Waals surface area contributed by atoms with Crippen molar-refractivity contribution in [1.29, 1.82) is 0 Å². The van der Waals surface area contributed by atoms with E-state index in [1.807, 2.05) is 7.05 Å². The topological polar surface area (TPSA) is 101 Å². The number of halogens is 3. The predicted molar refractivity (Wildman–Crippen MR) is 117 cm³/mol. The Morgan fingerprint density at radius 2 is 1.82 bits per heavy atom. The molecule has 0 atom stereocenters. The number of pyridine rings is 1. The maximum atomic E-state index is 13.1. The van der Waals surface area contributed by atoms with Crippen LogP contribution >= 0.6 is 0 Å². The summed E-state index contributed by atoms with van der Waals surface area (Å²) in [5, 5.41) is 8.39. The SMILES string of the molecule is CCS(=O)(=O)c1nn2c(N3CCN(C)CC3)ccnc2c1-c1nc2cc(C(F)(F)F)ccn2n1. The zero-order valence-electron chi connectivity index (χ0n) is 18.4. The van der Waals surface area contributed by atoms with Crippen molar-refractivity contribution in [2.75, 3.05) is 43.9 Å². The third kappa shape index (κ3) is 3.76. The average molecular weight is 495 g/mol. The highest BCUT2D eigenvalue weighted by atomic mass is 32.2. The minimum atomic E-state index is -4.55. The van der Waals surface area contributed by atoms with Gasteiger partial charge in [0.25, 0.3) is 0 Å². The van der Waals surface area contributed by atoms with E-state index in [-0.39, 0.29) is 33.5 Å². The summed E-state index contributed by atoms with van der Waals surface area (Å²) in [6, 6.07) is 3.50. The largest absolute Gasteiger partial charge is 0.416 e. The van der Waals surface area contributed by atoms with Gasteiger partial charge in [-0.05, 0) is 25.2 Å². The molecule has 0 unspecified atom stereocenters. The van der Waals surface area contributed by atoms with Crippen LogP contribution in [0.1, 0.15) is 12.5 Å². The van der Waals surface area contributed by atoms with E-state index in [4.69, 9.17) is 0 Å². The number of hydrogen-bond donors (Lipinski definition) is 0. The molecule has 10 nitrogen and oxygen atoms in total. The van der Waals surface area contributed by atoms with E-state index in [0.717, 1.165) is 31.4 Å². The fourth-order valence-corrected chi connectivity index (χ4v) is 4.88. The third-order valence-electron chi connectivity index (χ3n) is 5.86. The Balaban J connectivity index is 1.73. The number of fused-ring (bicyclic) bond motifs is 2. The van der Waals surface area contributed by atoms with Crippen LogP contribution in [-0.4, -0.2) is 81.5 Å². The molecule has 0 aliphatic carbocycles. The van der Waals surface area contributed by atoms with Gasteiger partial charge >= 0.3 is 6.18 Å². The molecule has 0 saturated carbocycles. The summed E-state index contributed by atoms with van der Waals surface area (Å²) in [7, 11) is -1.81. The number of aromatic nitrogens is 6. The normalized spacial score (nSPS) is 16.1. The lowest BCUT2D eigenvalue weighted by molar-refractivity contribution is -0.137. The van der Waals surface area contributed by atoms with Gasteiger partial charge < -0.3 is 9.80 Å². The van der Waals surface area contributed by atoms with Crippen LogP contribution in [-0.2, 0) is 16.0 Å². The Morgan fingerprint density at radius 3 is 2.50 bits per heavy atom. The molecule has 5 heterocycles. The number of hydrogen-bond acceptors (Lipinski definition) is 8. The van der Waals surface area contributed by atoms with Crippen LogP contribution in [0.3, 0.4) is 0 Å². The van der Waals surface area contributed by atoms with Crippen molar-refractivity contribution >= 4 is 26.9 Å². The van der Waals surface area contributed by atoms with Crippen LogP contribution in [0.25, 0.3) is 22.7 Å². The highest BCUT2D eigenvalue weighted by Gasteiger charge is 2.33. The molecule has 14 heteroatoms. The second-order valence-electron chi connectivity index (χ2n) is 8.06. The molecular weight excluding hydrogens is 473 g/mol. The molecule has 1 aliphatic heterocycles. The molecule has 180 valence electrons. The van der Waals surface area contributed by atoms with Gasteiger partial charge in [-0.2, -0.15) is 22.8 Å². The van der Waals surface area contributed by atoms with Crippen LogP contribution in [0.15, 0.2) is 35.6 Å². The van der Waals surface area contributed by atoms with E-state index < -0.39 is 21.6 Å². The molecular formula is C20H21F3N8O2S. The minimum absolute atomic E-state index is 0.0649. The zero-order chi connectivity index (χ0) is 24.3. The average Bonchev–Trinajstić information content (AvgIpc) is 3.40. The van der Waals surface area contributed by atoms with E-state index in [1.165, 1.54) is 16.0 Å². The Kier molecular flexibility index (Phi) is 5.24. The van der Waals surface area contributed by atoms with Crippen molar-refractivity contribution < 1.29 is 21.6 Å². The van der Waals surface area contributed by atoms with E-state index in [0.29, 0.717) is 18.9 Å². The van der Waals surface area contributed by atoms with Crippen molar-refractivity contribution in [3.63, 3.8) is 0 Å². The molecule has 5 rings (SSSR count). The lowest BCUT2D eigenvalue weighted by Crippen LogP contribution is -2.45. The molecule has 4 aromatic heterocycles. The smallest absolute Gasteiger partial charge is 0.354 e. The molecule has 34 heavy (non-hydrogen) atoms. The zero-order valence-corrected chi connectivity index (χ0v) is 19.2. The predicted octanol–water partition coefficient (Wildman–Crippen LogP) is 2.00. The molecule has 4 aromatic rings. The molecule has 0 amide bonds. The Bertz CT molecular complexity index is 1490. The molecule has 1 aliphatic rings. The Labute approximate surface area is 192 Å². The van der Waals surface area contributed by atoms with Crippen LogP contribution in [0, 0.1) is 0 Å². The first-order valence-electron chi connectivity index (χ1n) is 10.6. The van der Waals surface area contributed by atoms with Crippen molar-refractivity contribution in [1.82, 2.24) is 34.1 Å². The van der Waals surface area contributed by atoms with Crippen LogP contribution in [0.2, 0.25) is 0 Å². The van der Waals surface area contributed by atoms with Gasteiger partial charge in [-0.1, -0.05) is 6.92 Å². The monoisotopic (exact) mass is 494 g/mol.